The standard InChI is InChI=1S/C32H53NO5/c1-7-8-9-10-11-12-13-14-15-16-17-18-22-25-28(26(2)33-31(35)38-32(3,4)5)37-30(34)29(36-6)27-23-20-19-21-24-27/h19-26,28-29H,7-18H2,1-6H3,(H,33,35)/b25-22+/t26-,28-,29+/m0/s1. The van der Waals surface area contributed by atoms with Crippen molar-refractivity contribution in [2.24, 2.45) is 0 Å². The first-order valence-corrected chi connectivity index (χ1v) is 14.6. The van der Waals surface area contributed by atoms with E-state index < -0.39 is 35.9 Å². The van der Waals surface area contributed by atoms with Crippen molar-refractivity contribution in [3.8, 4) is 0 Å². The fourth-order valence-corrected chi connectivity index (χ4v) is 4.23. The van der Waals surface area contributed by atoms with Crippen LogP contribution >= 0.6 is 0 Å². The van der Waals surface area contributed by atoms with Gasteiger partial charge in [-0.05, 0) is 52.2 Å². The van der Waals surface area contributed by atoms with Gasteiger partial charge in [0.25, 0.3) is 0 Å². The van der Waals surface area contributed by atoms with E-state index in [-0.39, 0.29) is 0 Å². The van der Waals surface area contributed by atoms with Crippen molar-refractivity contribution in [2.75, 3.05) is 7.11 Å². The van der Waals surface area contributed by atoms with E-state index in [2.05, 4.69) is 12.2 Å². The zero-order chi connectivity index (χ0) is 28.2. The maximum absolute atomic E-state index is 13.0. The number of nitrogens with one attached hydrogen (secondary N) is 1. The van der Waals surface area contributed by atoms with Gasteiger partial charge in [-0.1, -0.05) is 108 Å². The van der Waals surface area contributed by atoms with E-state index in [4.69, 9.17) is 14.2 Å². The molecule has 1 N–H and O–H groups in total. The number of unbranched alkanes of at least 4 members (excludes halogenated alkanes) is 11. The lowest BCUT2D eigenvalue weighted by molar-refractivity contribution is -0.160. The molecule has 1 amide bonds. The molecule has 0 saturated heterocycles. The van der Waals surface area contributed by atoms with Gasteiger partial charge in [0.2, 0.25) is 0 Å². The number of esters is 1. The Labute approximate surface area is 231 Å². The number of methoxy groups -OCH3 is 1. The number of amides is 1. The van der Waals surface area contributed by atoms with Gasteiger partial charge >= 0.3 is 12.1 Å². The van der Waals surface area contributed by atoms with Crippen LogP contribution in [0.5, 0.6) is 0 Å². The van der Waals surface area contributed by atoms with Gasteiger partial charge in [-0.15, -0.1) is 0 Å². The number of alkyl carbamates (subject to hydrolysis) is 1. The molecule has 0 aliphatic heterocycles. The molecule has 0 unspecified atom stereocenters. The average Bonchev–Trinajstić information content (AvgIpc) is 2.86. The highest BCUT2D eigenvalue weighted by molar-refractivity contribution is 5.77. The Balaban J connectivity index is 2.58. The maximum Gasteiger partial charge on any atom is 0.408 e. The summed E-state index contributed by atoms with van der Waals surface area (Å²) in [7, 11) is 1.48. The molecule has 0 saturated carbocycles. The SMILES string of the molecule is CCCCCCCCCCCCC/C=C/[C@H](OC(=O)[C@H](OC)c1ccccc1)[C@H](C)NC(=O)OC(C)(C)C. The first-order valence-electron chi connectivity index (χ1n) is 14.6. The molecule has 6 heteroatoms. The van der Waals surface area contributed by atoms with E-state index in [1.54, 1.807) is 6.92 Å². The van der Waals surface area contributed by atoms with Crippen LogP contribution < -0.4 is 5.32 Å². The third-order valence-electron chi connectivity index (χ3n) is 6.34. The molecule has 38 heavy (non-hydrogen) atoms. The number of benzene rings is 1. The summed E-state index contributed by atoms with van der Waals surface area (Å²) in [6.45, 7) is 9.49. The molecule has 0 fully saturated rings. The predicted octanol–water partition coefficient (Wildman–Crippen LogP) is 8.46. The molecule has 0 spiro atoms. The number of hydrogen-bond acceptors (Lipinski definition) is 5. The van der Waals surface area contributed by atoms with Crippen molar-refractivity contribution in [1.29, 1.82) is 0 Å². The highest BCUT2D eigenvalue weighted by atomic mass is 16.6. The van der Waals surface area contributed by atoms with E-state index in [1.807, 2.05) is 63.3 Å². The minimum absolute atomic E-state index is 0.476. The lowest BCUT2D eigenvalue weighted by Crippen LogP contribution is -2.45. The van der Waals surface area contributed by atoms with Crippen molar-refractivity contribution in [3.63, 3.8) is 0 Å². The minimum atomic E-state index is -0.840. The lowest BCUT2D eigenvalue weighted by atomic mass is 10.0. The smallest absolute Gasteiger partial charge is 0.408 e. The van der Waals surface area contributed by atoms with Gasteiger partial charge < -0.3 is 19.5 Å². The van der Waals surface area contributed by atoms with E-state index >= 15 is 0 Å². The van der Waals surface area contributed by atoms with Crippen molar-refractivity contribution in [2.45, 2.75) is 136 Å². The second-order valence-electron chi connectivity index (χ2n) is 11.1. The molecule has 1 aromatic rings. The van der Waals surface area contributed by atoms with Gasteiger partial charge in [0.05, 0.1) is 6.04 Å². The Bertz CT molecular complexity index is 787. The minimum Gasteiger partial charge on any atom is -0.454 e. The van der Waals surface area contributed by atoms with Crippen LogP contribution in [0.3, 0.4) is 0 Å². The molecule has 216 valence electrons. The zero-order valence-corrected chi connectivity index (χ0v) is 24.8. The number of allylic oxidation sites excluding steroid dienone is 1. The predicted molar refractivity (Wildman–Crippen MR) is 155 cm³/mol. The Kier molecular flexibility index (Phi) is 17.5. The number of hydrogen-bond donors (Lipinski definition) is 1. The van der Waals surface area contributed by atoms with Crippen LogP contribution in [0.2, 0.25) is 0 Å². The molecule has 6 nitrogen and oxygen atoms in total. The molecule has 1 rings (SSSR count). The largest absolute Gasteiger partial charge is 0.454 e. The van der Waals surface area contributed by atoms with Crippen LogP contribution in [0.1, 0.15) is 123 Å². The zero-order valence-electron chi connectivity index (χ0n) is 24.8. The first kappa shape index (κ1) is 33.7. The summed E-state index contributed by atoms with van der Waals surface area (Å²) in [4.78, 5) is 25.4. The molecule has 0 aromatic heterocycles. The number of rotatable bonds is 19. The summed E-state index contributed by atoms with van der Waals surface area (Å²) < 4.78 is 16.7. The highest BCUT2D eigenvalue weighted by Gasteiger charge is 2.28. The summed E-state index contributed by atoms with van der Waals surface area (Å²) in [5, 5.41) is 2.80. The Morgan fingerprint density at radius 3 is 1.97 bits per heavy atom. The molecule has 0 heterocycles. The van der Waals surface area contributed by atoms with Crippen LogP contribution in [-0.4, -0.2) is 36.9 Å². The van der Waals surface area contributed by atoms with E-state index in [1.165, 1.54) is 71.3 Å². The van der Waals surface area contributed by atoms with Crippen molar-refractivity contribution in [1.82, 2.24) is 5.32 Å². The Morgan fingerprint density at radius 2 is 1.45 bits per heavy atom. The van der Waals surface area contributed by atoms with Gasteiger partial charge in [-0.3, -0.25) is 0 Å². The molecule has 3 atom stereocenters. The van der Waals surface area contributed by atoms with Crippen LogP contribution in [0, 0.1) is 0 Å². The third-order valence-corrected chi connectivity index (χ3v) is 6.34. The van der Waals surface area contributed by atoms with E-state index in [0.717, 1.165) is 18.4 Å². The first-order chi connectivity index (χ1) is 18.2. The molecular weight excluding hydrogens is 478 g/mol. The molecule has 0 bridgehead atoms. The summed E-state index contributed by atoms with van der Waals surface area (Å²) in [6.07, 6.45) is 17.1. The van der Waals surface area contributed by atoms with Gasteiger partial charge in [-0.2, -0.15) is 0 Å². The monoisotopic (exact) mass is 531 g/mol. The third kappa shape index (κ3) is 15.8. The van der Waals surface area contributed by atoms with Crippen molar-refractivity contribution >= 4 is 12.1 Å². The Hall–Kier alpha value is -2.34. The number of carbonyl (C=O) groups excluding carboxylic acids is 2. The van der Waals surface area contributed by atoms with E-state index in [9.17, 15) is 9.59 Å². The summed E-state index contributed by atoms with van der Waals surface area (Å²) >= 11 is 0. The van der Waals surface area contributed by atoms with Gasteiger partial charge in [0.1, 0.15) is 11.7 Å². The van der Waals surface area contributed by atoms with Gasteiger partial charge in [0.15, 0.2) is 6.10 Å². The van der Waals surface area contributed by atoms with Crippen molar-refractivity contribution < 1.29 is 23.8 Å². The number of carbonyl (C=O) groups is 2. The molecule has 1 aromatic carbocycles. The topological polar surface area (TPSA) is 73.9 Å². The normalized spacial score (nSPS) is 14.2. The molecule has 0 aliphatic rings. The second kappa shape index (κ2) is 19.7. The fraction of sp³-hybridized carbons (Fsp3) is 0.688. The highest BCUT2D eigenvalue weighted by Crippen LogP contribution is 2.20. The lowest BCUT2D eigenvalue weighted by Gasteiger charge is -2.26. The average molecular weight is 532 g/mol. The molecule has 0 aliphatic carbocycles. The number of ether oxygens (including phenoxy) is 3. The van der Waals surface area contributed by atoms with Crippen LogP contribution in [-0.2, 0) is 19.0 Å². The van der Waals surface area contributed by atoms with Crippen LogP contribution in [0.15, 0.2) is 42.5 Å². The molecule has 0 radical (unpaired) electrons. The summed E-state index contributed by atoms with van der Waals surface area (Å²) in [5.74, 6) is -0.499. The Morgan fingerprint density at radius 1 is 0.895 bits per heavy atom. The summed E-state index contributed by atoms with van der Waals surface area (Å²) in [6, 6.07) is 8.77. The van der Waals surface area contributed by atoms with E-state index in [0.29, 0.717) is 0 Å². The summed E-state index contributed by atoms with van der Waals surface area (Å²) in [5.41, 5.74) is 0.103. The van der Waals surface area contributed by atoms with Gasteiger partial charge in [0, 0.05) is 7.11 Å². The maximum atomic E-state index is 13.0. The quantitative estimate of drug-likeness (QED) is 0.110. The van der Waals surface area contributed by atoms with Crippen molar-refractivity contribution in [3.05, 3.63) is 48.0 Å². The molecular formula is C32H53NO5. The van der Waals surface area contributed by atoms with Crippen LogP contribution in [0.25, 0.3) is 0 Å². The van der Waals surface area contributed by atoms with Gasteiger partial charge in [-0.25, -0.2) is 9.59 Å². The second-order valence-corrected chi connectivity index (χ2v) is 11.1. The van der Waals surface area contributed by atoms with Crippen LogP contribution in [0.4, 0.5) is 4.79 Å². The fourth-order valence-electron chi connectivity index (χ4n) is 4.23.